The van der Waals surface area contributed by atoms with Crippen molar-refractivity contribution in [2.75, 3.05) is 33.5 Å². The third-order valence-corrected chi connectivity index (χ3v) is 6.63. The van der Waals surface area contributed by atoms with Crippen LogP contribution in [0.3, 0.4) is 0 Å². The summed E-state index contributed by atoms with van der Waals surface area (Å²) in [5, 5.41) is 4.61. The molecule has 0 spiro atoms. The van der Waals surface area contributed by atoms with Gasteiger partial charge in [0.1, 0.15) is 36.9 Å². The van der Waals surface area contributed by atoms with Crippen LogP contribution in [0, 0.1) is 0 Å². The van der Waals surface area contributed by atoms with Crippen LogP contribution in [0.2, 0.25) is 0 Å². The van der Waals surface area contributed by atoms with E-state index in [-0.39, 0.29) is 12.2 Å². The first-order chi connectivity index (χ1) is 12.3. The zero-order valence-corrected chi connectivity index (χ0v) is 14.8. The number of benzene rings is 2. The van der Waals surface area contributed by atoms with Crippen LogP contribution in [-0.2, 0) is 9.47 Å². The van der Waals surface area contributed by atoms with Gasteiger partial charge in [-0.2, -0.15) is 0 Å². The van der Waals surface area contributed by atoms with Gasteiger partial charge in [-0.05, 0) is 22.9 Å². The van der Waals surface area contributed by atoms with Crippen LogP contribution in [0.5, 0.6) is 11.5 Å². The third-order valence-electron chi connectivity index (χ3n) is 4.53. The molecule has 5 nitrogen and oxygen atoms in total. The molecular formula is C19H19O5P. The summed E-state index contributed by atoms with van der Waals surface area (Å²) in [5.41, 5.74) is 0. The zero-order valence-electron chi connectivity index (χ0n) is 13.9. The summed E-state index contributed by atoms with van der Waals surface area (Å²) < 4.78 is 28.5. The Morgan fingerprint density at radius 3 is 1.76 bits per heavy atom. The Hall–Kier alpha value is -1.78. The summed E-state index contributed by atoms with van der Waals surface area (Å²) >= 11 is 0. The number of rotatable bonds is 7. The van der Waals surface area contributed by atoms with Gasteiger partial charge in [0, 0.05) is 14.9 Å². The molecule has 6 heteroatoms. The lowest BCUT2D eigenvalue weighted by Gasteiger charge is -2.09. The number of hydrogen-bond acceptors (Lipinski definition) is 5. The molecule has 2 unspecified atom stereocenters. The molecular weight excluding hydrogens is 339 g/mol. The fraction of sp³-hybridized carbons (Fsp3) is 0.368. The molecule has 2 fully saturated rings. The van der Waals surface area contributed by atoms with Gasteiger partial charge in [-0.3, -0.25) is 0 Å². The van der Waals surface area contributed by atoms with E-state index in [0.29, 0.717) is 13.2 Å². The molecule has 3 aromatic rings. The summed E-state index contributed by atoms with van der Waals surface area (Å²) in [5.74, 6) is 1.77. The fourth-order valence-electron chi connectivity index (χ4n) is 3.12. The lowest BCUT2D eigenvalue weighted by molar-refractivity contribution is 0.265. The average Bonchev–Trinajstić information content (AvgIpc) is 3.56. The lowest BCUT2D eigenvalue weighted by Crippen LogP contribution is -2.04. The minimum Gasteiger partial charge on any atom is -0.490 e. The van der Waals surface area contributed by atoms with Crippen LogP contribution in [0.15, 0.2) is 36.4 Å². The Balaban J connectivity index is 1.64. The highest BCUT2D eigenvalue weighted by molar-refractivity contribution is 7.57. The van der Waals surface area contributed by atoms with Gasteiger partial charge in [0.15, 0.2) is 0 Å². The standard InChI is InChI=1S/C19H19O5P/c1-20-25-18-14(4-2-6-16(18)23-10-12-8-21-12)15-5-3-7-17(19(15)25)24-11-13-9-22-13/h2-7,12-13H,8-11H2,1H3. The SMILES string of the molecule is COp1c2c(OCC3CO3)cccc2c2cccc(OCC3CO3)c21. The van der Waals surface area contributed by atoms with Crippen molar-refractivity contribution in [2.45, 2.75) is 12.2 Å². The maximum absolute atomic E-state index is 6.03. The topological polar surface area (TPSA) is 52.8 Å². The normalized spacial score (nSPS) is 22.4. The minimum absolute atomic E-state index is 0.228. The van der Waals surface area contributed by atoms with Crippen LogP contribution in [-0.4, -0.2) is 45.7 Å². The molecule has 5 rings (SSSR count). The van der Waals surface area contributed by atoms with E-state index < -0.39 is 7.76 Å². The first-order valence-corrected chi connectivity index (χ1v) is 9.70. The second kappa shape index (κ2) is 6.19. The summed E-state index contributed by atoms with van der Waals surface area (Å²) in [7, 11) is 0.787. The molecule has 0 radical (unpaired) electrons. The molecule has 0 N–H and O–H groups in total. The number of hydrogen-bond donors (Lipinski definition) is 0. The maximum atomic E-state index is 6.03. The van der Waals surface area contributed by atoms with Crippen LogP contribution < -0.4 is 14.0 Å². The summed E-state index contributed by atoms with van der Waals surface area (Å²) in [6.07, 6.45) is 0.455. The van der Waals surface area contributed by atoms with E-state index >= 15 is 0 Å². The smallest absolute Gasteiger partial charge is 0.133 e. The van der Waals surface area contributed by atoms with Gasteiger partial charge in [0.05, 0.1) is 23.4 Å². The largest absolute Gasteiger partial charge is 0.490 e. The Morgan fingerprint density at radius 2 is 1.36 bits per heavy atom. The van der Waals surface area contributed by atoms with E-state index in [4.69, 9.17) is 23.5 Å². The van der Waals surface area contributed by atoms with Crippen LogP contribution in [0.4, 0.5) is 0 Å². The van der Waals surface area contributed by atoms with Gasteiger partial charge in [-0.1, -0.05) is 24.3 Å². The van der Waals surface area contributed by atoms with Gasteiger partial charge >= 0.3 is 0 Å². The van der Waals surface area contributed by atoms with Gasteiger partial charge in [0.25, 0.3) is 0 Å². The van der Waals surface area contributed by atoms with Crippen molar-refractivity contribution in [1.29, 1.82) is 0 Å². The summed E-state index contributed by atoms with van der Waals surface area (Å²) in [4.78, 5) is 0. The molecule has 2 saturated heterocycles. The predicted molar refractivity (Wildman–Crippen MR) is 97.1 cm³/mol. The monoisotopic (exact) mass is 358 g/mol. The van der Waals surface area contributed by atoms with E-state index in [1.165, 1.54) is 10.8 Å². The van der Waals surface area contributed by atoms with E-state index in [9.17, 15) is 0 Å². The van der Waals surface area contributed by atoms with Crippen molar-refractivity contribution in [3.63, 3.8) is 0 Å². The Kier molecular flexibility index (Phi) is 3.83. The van der Waals surface area contributed by atoms with Crippen LogP contribution in [0.1, 0.15) is 0 Å². The minimum atomic E-state index is -0.969. The molecule has 2 aromatic carbocycles. The van der Waals surface area contributed by atoms with Crippen molar-refractivity contribution in [1.82, 2.24) is 0 Å². The average molecular weight is 358 g/mol. The van der Waals surface area contributed by atoms with Gasteiger partial charge in [-0.15, -0.1) is 0 Å². The van der Waals surface area contributed by atoms with Crippen molar-refractivity contribution < 1.29 is 23.5 Å². The quantitative estimate of drug-likeness (QED) is 0.604. The van der Waals surface area contributed by atoms with Crippen molar-refractivity contribution >= 4 is 28.8 Å². The molecule has 0 bridgehead atoms. The Labute approximate surface area is 146 Å². The molecule has 130 valence electrons. The molecule has 0 saturated carbocycles. The first-order valence-electron chi connectivity index (χ1n) is 8.44. The van der Waals surface area contributed by atoms with E-state index in [0.717, 1.165) is 34.9 Å². The van der Waals surface area contributed by atoms with Crippen molar-refractivity contribution in [3.05, 3.63) is 36.4 Å². The van der Waals surface area contributed by atoms with E-state index in [2.05, 4.69) is 12.1 Å². The maximum Gasteiger partial charge on any atom is 0.133 e. The van der Waals surface area contributed by atoms with Crippen molar-refractivity contribution in [3.8, 4) is 11.5 Å². The molecule has 0 amide bonds. The zero-order chi connectivity index (χ0) is 16.8. The van der Waals surface area contributed by atoms with Gasteiger partial charge in [0.2, 0.25) is 0 Å². The van der Waals surface area contributed by atoms with Crippen LogP contribution in [0.25, 0.3) is 21.0 Å². The second-order valence-electron chi connectivity index (χ2n) is 6.31. The van der Waals surface area contributed by atoms with Crippen LogP contribution >= 0.6 is 7.76 Å². The molecule has 2 aliphatic rings. The predicted octanol–water partition coefficient (Wildman–Crippen LogP) is 3.59. The highest BCUT2D eigenvalue weighted by Crippen LogP contribution is 2.54. The van der Waals surface area contributed by atoms with Gasteiger partial charge in [-0.25, -0.2) is 0 Å². The van der Waals surface area contributed by atoms with Gasteiger partial charge < -0.3 is 23.5 Å². The highest BCUT2D eigenvalue weighted by atomic mass is 31.1. The molecule has 3 heterocycles. The first kappa shape index (κ1) is 15.5. The van der Waals surface area contributed by atoms with E-state index in [1.54, 1.807) is 7.11 Å². The van der Waals surface area contributed by atoms with Crippen molar-refractivity contribution in [2.24, 2.45) is 0 Å². The molecule has 2 aliphatic heterocycles. The number of ether oxygens (including phenoxy) is 4. The number of fused-ring (bicyclic) bond motifs is 3. The fourth-order valence-corrected chi connectivity index (χ4v) is 5.21. The molecule has 1 aromatic heterocycles. The molecule has 0 aliphatic carbocycles. The summed E-state index contributed by atoms with van der Waals surface area (Å²) in [6.45, 7) is 2.75. The second-order valence-corrected chi connectivity index (χ2v) is 8.16. The Bertz CT molecular complexity index is 853. The molecule has 2 atom stereocenters. The third kappa shape index (κ3) is 2.87. The summed E-state index contributed by atoms with van der Waals surface area (Å²) in [6, 6.07) is 12.4. The highest BCUT2D eigenvalue weighted by Gasteiger charge is 2.26. The lowest BCUT2D eigenvalue weighted by atomic mass is 10.1. The Morgan fingerprint density at radius 1 is 0.880 bits per heavy atom. The van der Waals surface area contributed by atoms with E-state index in [1.807, 2.05) is 24.3 Å². The number of epoxide rings is 2. The molecule has 25 heavy (non-hydrogen) atoms.